The fourth-order valence-corrected chi connectivity index (χ4v) is 2.83. The highest BCUT2D eigenvalue weighted by Crippen LogP contribution is 2.25. The summed E-state index contributed by atoms with van der Waals surface area (Å²) in [6.45, 7) is 0.594. The van der Waals surface area contributed by atoms with Crippen molar-refractivity contribution >= 4 is 34.1 Å². The van der Waals surface area contributed by atoms with Crippen LogP contribution in [0.5, 0.6) is 0 Å². The summed E-state index contributed by atoms with van der Waals surface area (Å²) in [5, 5.41) is 3.64. The topological polar surface area (TPSA) is 37.4 Å². The molecule has 3 nitrogen and oxygen atoms in total. The summed E-state index contributed by atoms with van der Waals surface area (Å²) >= 11 is 6.99. The molecule has 1 unspecified atom stereocenters. The summed E-state index contributed by atoms with van der Waals surface area (Å²) < 4.78 is 0. The van der Waals surface area contributed by atoms with Gasteiger partial charge in [0.05, 0.1) is 0 Å². The predicted octanol–water partition coefficient (Wildman–Crippen LogP) is 2.39. The van der Waals surface area contributed by atoms with Gasteiger partial charge in [-0.15, -0.1) is 0 Å². The SMILES string of the molecule is O=C(Cl)CC1CCC(=O)N1Cc1ccsc1. The molecule has 1 aromatic heterocycles. The minimum Gasteiger partial charge on any atom is -0.335 e. The molecule has 86 valence electrons. The van der Waals surface area contributed by atoms with Crippen LogP contribution in [-0.2, 0) is 16.1 Å². The van der Waals surface area contributed by atoms with Crippen LogP contribution < -0.4 is 0 Å². The van der Waals surface area contributed by atoms with Gasteiger partial charge in [0.2, 0.25) is 11.1 Å². The van der Waals surface area contributed by atoms with Crippen LogP contribution >= 0.6 is 22.9 Å². The highest BCUT2D eigenvalue weighted by Gasteiger charge is 2.31. The van der Waals surface area contributed by atoms with Gasteiger partial charge in [0.25, 0.3) is 0 Å². The molecule has 1 fully saturated rings. The Morgan fingerprint density at radius 2 is 2.44 bits per heavy atom. The Balaban J connectivity index is 2.04. The molecule has 1 atom stereocenters. The molecule has 2 rings (SSSR count). The molecule has 5 heteroatoms. The highest BCUT2D eigenvalue weighted by atomic mass is 35.5. The van der Waals surface area contributed by atoms with Crippen molar-refractivity contribution in [3.8, 4) is 0 Å². The fraction of sp³-hybridized carbons (Fsp3) is 0.455. The summed E-state index contributed by atoms with van der Waals surface area (Å²) in [5.74, 6) is 0.120. The summed E-state index contributed by atoms with van der Waals surface area (Å²) in [5.41, 5.74) is 1.12. The van der Waals surface area contributed by atoms with E-state index in [4.69, 9.17) is 11.6 Å². The van der Waals surface area contributed by atoms with Gasteiger partial charge in [-0.25, -0.2) is 0 Å². The van der Waals surface area contributed by atoms with Crippen molar-refractivity contribution < 1.29 is 9.59 Å². The maximum atomic E-state index is 11.7. The van der Waals surface area contributed by atoms with Gasteiger partial charge in [-0.2, -0.15) is 11.3 Å². The first kappa shape index (κ1) is 11.6. The number of amides is 1. The number of nitrogens with zero attached hydrogens (tertiary/aromatic N) is 1. The molecule has 0 aliphatic carbocycles. The first-order valence-corrected chi connectivity index (χ1v) is 6.48. The predicted molar refractivity (Wildman–Crippen MR) is 63.4 cm³/mol. The third-order valence-electron chi connectivity index (χ3n) is 2.78. The van der Waals surface area contributed by atoms with E-state index >= 15 is 0 Å². The van der Waals surface area contributed by atoms with Gasteiger partial charge in [0.1, 0.15) is 0 Å². The molecule has 0 radical (unpaired) electrons. The number of carbonyl (C=O) groups is 2. The number of rotatable bonds is 4. The largest absolute Gasteiger partial charge is 0.335 e. The highest BCUT2D eigenvalue weighted by molar-refractivity contribution is 7.07. The van der Waals surface area contributed by atoms with Crippen LogP contribution in [0.4, 0.5) is 0 Å². The zero-order valence-corrected chi connectivity index (χ0v) is 10.3. The average molecular weight is 258 g/mol. The van der Waals surface area contributed by atoms with Gasteiger partial charge in [-0.05, 0) is 40.4 Å². The Morgan fingerprint density at radius 1 is 1.62 bits per heavy atom. The molecule has 1 amide bonds. The molecule has 0 aromatic carbocycles. The lowest BCUT2D eigenvalue weighted by atomic mass is 10.1. The smallest absolute Gasteiger partial charge is 0.223 e. The summed E-state index contributed by atoms with van der Waals surface area (Å²) in [7, 11) is 0. The zero-order chi connectivity index (χ0) is 11.5. The van der Waals surface area contributed by atoms with Gasteiger partial charge < -0.3 is 4.90 Å². The van der Waals surface area contributed by atoms with Crippen molar-refractivity contribution in [1.82, 2.24) is 4.90 Å². The lowest BCUT2D eigenvalue weighted by Crippen LogP contribution is -2.33. The van der Waals surface area contributed by atoms with Crippen molar-refractivity contribution in [2.45, 2.75) is 31.8 Å². The van der Waals surface area contributed by atoms with Crippen LogP contribution in [0.1, 0.15) is 24.8 Å². The minimum absolute atomic E-state index is 0.0163. The third kappa shape index (κ3) is 2.62. The lowest BCUT2D eigenvalue weighted by Gasteiger charge is -2.23. The first-order valence-electron chi connectivity index (χ1n) is 5.15. The first-order chi connectivity index (χ1) is 7.66. The number of carbonyl (C=O) groups excluding carboxylic acids is 2. The quantitative estimate of drug-likeness (QED) is 0.777. The van der Waals surface area contributed by atoms with Crippen molar-refractivity contribution in [3.63, 3.8) is 0 Å². The monoisotopic (exact) mass is 257 g/mol. The maximum Gasteiger partial charge on any atom is 0.223 e. The van der Waals surface area contributed by atoms with Gasteiger partial charge in [-0.1, -0.05) is 0 Å². The Hall–Kier alpha value is -0.870. The van der Waals surface area contributed by atoms with E-state index in [9.17, 15) is 9.59 Å². The molecular formula is C11H12ClNO2S. The van der Waals surface area contributed by atoms with E-state index in [2.05, 4.69) is 0 Å². The van der Waals surface area contributed by atoms with Gasteiger partial charge >= 0.3 is 0 Å². The van der Waals surface area contributed by atoms with Crippen molar-refractivity contribution in [3.05, 3.63) is 22.4 Å². The second-order valence-corrected chi connectivity index (χ2v) is 5.11. The van der Waals surface area contributed by atoms with Crippen LogP contribution in [0.25, 0.3) is 0 Å². The van der Waals surface area contributed by atoms with Gasteiger partial charge in [0, 0.05) is 25.4 Å². The second-order valence-electron chi connectivity index (χ2n) is 3.90. The minimum atomic E-state index is -0.366. The molecule has 2 heterocycles. The van der Waals surface area contributed by atoms with Crippen molar-refractivity contribution in [1.29, 1.82) is 0 Å². The molecular weight excluding hydrogens is 246 g/mol. The van der Waals surface area contributed by atoms with Gasteiger partial charge in [0.15, 0.2) is 0 Å². The van der Waals surface area contributed by atoms with Gasteiger partial charge in [-0.3, -0.25) is 9.59 Å². The molecule has 0 saturated carbocycles. The molecule has 16 heavy (non-hydrogen) atoms. The normalized spacial score (nSPS) is 20.4. The Labute approximate surface area is 103 Å². The number of hydrogen-bond donors (Lipinski definition) is 0. The molecule has 1 saturated heterocycles. The average Bonchev–Trinajstić information content (AvgIpc) is 2.82. The number of thiophene rings is 1. The Bertz CT molecular complexity index is 391. The zero-order valence-electron chi connectivity index (χ0n) is 8.69. The molecule has 1 aliphatic heterocycles. The second kappa shape index (κ2) is 4.97. The summed E-state index contributed by atoms with van der Waals surface area (Å²) in [6.07, 6.45) is 1.53. The molecule has 0 bridgehead atoms. The van der Waals surface area contributed by atoms with E-state index < -0.39 is 0 Å². The van der Waals surface area contributed by atoms with Crippen LogP contribution in [0, 0.1) is 0 Å². The van der Waals surface area contributed by atoms with Crippen LogP contribution in [0.3, 0.4) is 0 Å². The summed E-state index contributed by atoms with van der Waals surface area (Å²) in [4.78, 5) is 24.3. The Morgan fingerprint density at radius 3 is 3.06 bits per heavy atom. The number of likely N-dealkylation sites (tertiary alicyclic amines) is 1. The number of hydrogen-bond acceptors (Lipinski definition) is 3. The fourth-order valence-electron chi connectivity index (χ4n) is 1.99. The van der Waals surface area contributed by atoms with Crippen LogP contribution in [0.15, 0.2) is 16.8 Å². The summed E-state index contributed by atoms with van der Waals surface area (Å²) in [6, 6.07) is 1.98. The lowest BCUT2D eigenvalue weighted by molar-refractivity contribution is -0.129. The molecule has 1 aromatic rings. The maximum absolute atomic E-state index is 11.7. The molecule has 0 spiro atoms. The molecule has 0 N–H and O–H groups in total. The third-order valence-corrected chi connectivity index (χ3v) is 3.67. The van der Waals surface area contributed by atoms with E-state index in [0.29, 0.717) is 13.0 Å². The molecule has 1 aliphatic rings. The van der Waals surface area contributed by atoms with Crippen molar-refractivity contribution in [2.75, 3.05) is 0 Å². The van der Waals surface area contributed by atoms with E-state index in [1.165, 1.54) is 0 Å². The Kier molecular flexibility index (Phi) is 3.61. The number of halogens is 1. The van der Waals surface area contributed by atoms with Crippen molar-refractivity contribution in [2.24, 2.45) is 0 Å². The van der Waals surface area contributed by atoms with E-state index in [-0.39, 0.29) is 23.6 Å². The van der Waals surface area contributed by atoms with Crippen LogP contribution in [-0.4, -0.2) is 22.1 Å². The van der Waals surface area contributed by atoms with E-state index in [1.54, 1.807) is 16.2 Å². The van der Waals surface area contributed by atoms with E-state index in [1.807, 2.05) is 16.8 Å². The van der Waals surface area contributed by atoms with Crippen LogP contribution in [0.2, 0.25) is 0 Å². The van der Waals surface area contributed by atoms with E-state index in [0.717, 1.165) is 12.0 Å². The standard InChI is InChI=1S/C11H12ClNO2S/c12-10(14)5-9-1-2-11(15)13(9)6-8-3-4-16-7-8/h3-4,7,9H,1-2,5-6H2.